The second-order valence-electron chi connectivity index (χ2n) is 9.44. The monoisotopic (exact) mass is 490 g/mol. The highest BCUT2D eigenvalue weighted by atomic mass is 16.5. The average molecular weight is 491 g/mol. The Morgan fingerprint density at radius 2 is 1.86 bits per heavy atom. The molecule has 0 saturated carbocycles. The molecular formula is C25H38N4O6. The molecule has 0 aliphatic carbocycles. The van der Waals surface area contributed by atoms with Gasteiger partial charge in [0, 0.05) is 25.3 Å². The second-order valence-corrected chi connectivity index (χ2v) is 9.44. The molecule has 35 heavy (non-hydrogen) atoms. The Hall–Kier alpha value is -2.24. The van der Waals surface area contributed by atoms with Gasteiger partial charge in [0.15, 0.2) is 0 Å². The molecule has 10 nitrogen and oxygen atoms in total. The number of nitrogens with one attached hydrogen (secondary N) is 2. The third kappa shape index (κ3) is 7.88. The van der Waals surface area contributed by atoms with E-state index < -0.39 is 6.10 Å². The molecule has 4 atom stereocenters. The molecule has 0 spiro atoms. The Labute approximate surface area is 206 Å². The number of amides is 3. The molecule has 194 valence electrons. The average Bonchev–Trinajstić information content (AvgIpc) is 2.86. The van der Waals surface area contributed by atoms with Crippen LogP contribution in [0.25, 0.3) is 0 Å². The summed E-state index contributed by atoms with van der Waals surface area (Å²) in [4.78, 5) is 29.6. The summed E-state index contributed by atoms with van der Waals surface area (Å²) in [5.74, 6) is -0.0173. The van der Waals surface area contributed by atoms with Crippen molar-refractivity contribution in [3.05, 3.63) is 30.3 Å². The number of para-hydroxylation sites is 1. The first kappa shape index (κ1) is 25.8. The van der Waals surface area contributed by atoms with Crippen LogP contribution in [0.4, 0.5) is 10.5 Å². The fraction of sp³-hybridized carbons (Fsp3) is 0.680. The van der Waals surface area contributed by atoms with Crippen LogP contribution in [0, 0.1) is 0 Å². The molecule has 0 aromatic heterocycles. The SMILES string of the molecule is O=C(C[C@H]1CC[C@H]2[C@@H](COC[C@H](O)CN2C(=O)Nc2ccccc2)O1)NCCCN1CCOCC1. The number of aliphatic hydroxyl groups excluding tert-OH is 1. The van der Waals surface area contributed by atoms with Gasteiger partial charge in [-0.2, -0.15) is 0 Å². The van der Waals surface area contributed by atoms with E-state index in [4.69, 9.17) is 14.2 Å². The number of fused-ring (bicyclic) bond motifs is 1. The van der Waals surface area contributed by atoms with E-state index in [1.54, 1.807) is 4.90 Å². The maximum absolute atomic E-state index is 13.1. The lowest BCUT2D eigenvalue weighted by Crippen LogP contribution is -2.58. The molecule has 3 N–H and O–H groups in total. The van der Waals surface area contributed by atoms with Crippen molar-refractivity contribution in [1.82, 2.24) is 15.1 Å². The molecule has 1 aromatic rings. The Kier molecular flexibility index (Phi) is 9.73. The van der Waals surface area contributed by atoms with E-state index in [1.165, 1.54) is 0 Å². The zero-order valence-corrected chi connectivity index (χ0v) is 20.3. The third-order valence-electron chi connectivity index (χ3n) is 6.76. The fourth-order valence-corrected chi connectivity index (χ4v) is 4.93. The topological polar surface area (TPSA) is 113 Å². The molecular weight excluding hydrogens is 452 g/mol. The minimum absolute atomic E-state index is 0.0173. The number of rotatable bonds is 7. The highest BCUT2D eigenvalue weighted by molar-refractivity contribution is 5.89. The normalized spacial score (nSPS) is 27.9. The molecule has 3 aliphatic heterocycles. The molecule has 3 amide bonds. The highest BCUT2D eigenvalue weighted by Gasteiger charge is 2.40. The molecule has 3 heterocycles. The Bertz CT molecular complexity index is 806. The van der Waals surface area contributed by atoms with E-state index in [0.29, 0.717) is 31.5 Å². The zero-order valence-electron chi connectivity index (χ0n) is 20.3. The van der Waals surface area contributed by atoms with Crippen molar-refractivity contribution < 1.29 is 28.9 Å². The van der Waals surface area contributed by atoms with Gasteiger partial charge in [-0.1, -0.05) is 18.2 Å². The van der Waals surface area contributed by atoms with Crippen LogP contribution in [0.1, 0.15) is 25.7 Å². The molecule has 0 radical (unpaired) electrons. The molecule has 10 heteroatoms. The highest BCUT2D eigenvalue weighted by Crippen LogP contribution is 2.28. The van der Waals surface area contributed by atoms with Crippen molar-refractivity contribution in [1.29, 1.82) is 0 Å². The number of nitrogens with zero attached hydrogens (tertiary/aromatic N) is 2. The number of ether oxygens (including phenoxy) is 3. The molecule has 1 aromatic carbocycles. The van der Waals surface area contributed by atoms with Gasteiger partial charge in [-0.05, 0) is 37.9 Å². The first-order valence-corrected chi connectivity index (χ1v) is 12.7. The Balaban J connectivity index is 1.25. The number of hydrogen-bond donors (Lipinski definition) is 3. The Morgan fingerprint density at radius 3 is 2.66 bits per heavy atom. The van der Waals surface area contributed by atoms with Crippen LogP contribution in [-0.4, -0.2) is 110 Å². The number of morpholine rings is 1. The predicted octanol–water partition coefficient (Wildman–Crippen LogP) is 1.06. The number of β-amino-alcohol motifs (C(OH)–C–C–N with tert-alkyl or cyclic N) is 1. The lowest BCUT2D eigenvalue weighted by Gasteiger charge is -2.44. The summed E-state index contributed by atoms with van der Waals surface area (Å²) in [6.45, 7) is 5.63. The minimum atomic E-state index is -0.765. The third-order valence-corrected chi connectivity index (χ3v) is 6.76. The predicted molar refractivity (Wildman–Crippen MR) is 130 cm³/mol. The summed E-state index contributed by atoms with van der Waals surface area (Å²) in [5.41, 5.74) is 0.696. The smallest absolute Gasteiger partial charge is 0.322 e. The van der Waals surface area contributed by atoms with Crippen LogP contribution in [0.3, 0.4) is 0 Å². The van der Waals surface area contributed by atoms with Gasteiger partial charge in [-0.15, -0.1) is 0 Å². The van der Waals surface area contributed by atoms with Crippen molar-refractivity contribution in [2.75, 3.05) is 64.5 Å². The summed E-state index contributed by atoms with van der Waals surface area (Å²) in [5, 5.41) is 16.2. The maximum Gasteiger partial charge on any atom is 0.322 e. The van der Waals surface area contributed by atoms with E-state index >= 15 is 0 Å². The number of anilines is 1. The van der Waals surface area contributed by atoms with Crippen LogP contribution in [0.2, 0.25) is 0 Å². The summed E-state index contributed by atoms with van der Waals surface area (Å²) >= 11 is 0. The number of benzene rings is 1. The largest absolute Gasteiger partial charge is 0.389 e. The zero-order chi connectivity index (χ0) is 24.5. The number of hydrogen-bond acceptors (Lipinski definition) is 7. The van der Waals surface area contributed by atoms with E-state index in [-0.39, 0.29) is 49.9 Å². The number of urea groups is 1. The quantitative estimate of drug-likeness (QED) is 0.490. The second kappa shape index (κ2) is 13.2. The lowest BCUT2D eigenvalue weighted by molar-refractivity contribution is -0.149. The van der Waals surface area contributed by atoms with Crippen LogP contribution < -0.4 is 10.6 Å². The van der Waals surface area contributed by atoms with Crippen molar-refractivity contribution in [2.45, 2.75) is 50.0 Å². The van der Waals surface area contributed by atoms with Gasteiger partial charge in [-0.3, -0.25) is 9.69 Å². The van der Waals surface area contributed by atoms with Gasteiger partial charge >= 0.3 is 6.03 Å². The van der Waals surface area contributed by atoms with Gasteiger partial charge in [-0.25, -0.2) is 4.79 Å². The standard InChI is InChI=1S/C25H38N4O6/c30-20-16-29(25(32)27-19-5-2-1-3-6-19)22-8-7-21(35-23(22)18-34-17-20)15-24(31)26-9-4-10-28-11-13-33-14-12-28/h1-3,5-6,20-23,30H,4,7-18H2,(H,26,31)(H,27,32)/t20-,21-,22+,23-/m1/s1. The number of carbonyl (C=O) groups excluding carboxylic acids is 2. The molecule has 3 fully saturated rings. The molecule has 3 saturated heterocycles. The summed E-state index contributed by atoms with van der Waals surface area (Å²) in [6, 6.07) is 8.75. The molecule has 0 unspecified atom stereocenters. The van der Waals surface area contributed by atoms with Crippen molar-refractivity contribution >= 4 is 17.6 Å². The van der Waals surface area contributed by atoms with E-state index in [0.717, 1.165) is 39.3 Å². The van der Waals surface area contributed by atoms with Gasteiger partial charge in [0.1, 0.15) is 6.10 Å². The van der Waals surface area contributed by atoms with Gasteiger partial charge in [0.25, 0.3) is 0 Å². The van der Waals surface area contributed by atoms with Crippen LogP contribution in [0.5, 0.6) is 0 Å². The summed E-state index contributed by atoms with van der Waals surface area (Å²) in [7, 11) is 0. The molecule has 4 rings (SSSR count). The molecule has 3 aliphatic rings. The van der Waals surface area contributed by atoms with E-state index in [2.05, 4.69) is 15.5 Å². The van der Waals surface area contributed by atoms with Crippen LogP contribution >= 0.6 is 0 Å². The maximum atomic E-state index is 13.1. The summed E-state index contributed by atoms with van der Waals surface area (Å²) in [6.07, 6.45) is 1.20. The van der Waals surface area contributed by atoms with E-state index in [1.807, 2.05) is 30.3 Å². The van der Waals surface area contributed by atoms with Crippen LogP contribution in [0.15, 0.2) is 30.3 Å². The van der Waals surface area contributed by atoms with Crippen molar-refractivity contribution in [3.8, 4) is 0 Å². The lowest BCUT2D eigenvalue weighted by atomic mass is 9.95. The van der Waals surface area contributed by atoms with Gasteiger partial charge < -0.3 is 34.9 Å². The Morgan fingerprint density at radius 1 is 1.06 bits per heavy atom. The van der Waals surface area contributed by atoms with Crippen LogP contribution in [-0.2, 0) is 19.0 Å². The first-order valence-electron chi connectivity index (χ1n) is 12.7. The van der Waals surface area contributed by atoms with Gasteiger partial charge in [0.2, 0.25) is 5.91 Å². The van der Waals surface area contributed by atoms with E-state index in [9.17, 15) is 14.7 Å². The van der Waals surface area contributed by atoms with Crippen molar-refractivity contribution in [2.24, 2.45) is 0 Å². The van der Waals surface area contributed by atoms with Gasteiger partial charge in [0.05, 0.1) is 57.6 Å². The number of aliphatic hydroxyl groups is 1. The van der Waals surface area contributed by atoms with Crippen molar-refractivity contribution in [3.63, 3.8) is 0 Å². The fourth-order valence-electron chi connectivity index (χ4n) is 4.93. The first-order chi connectivity index (χ1) is 17.1. The number of carbonyl (C=O) groups is 2. The molecule has 0 bridgehead atoms. The summed E-state index contributed by atoms with van der Waals surface area (Å²) < 4.78 is 17.3. The minimum Gasteiger partial charge on any atom is -0.389 e.